The van der Waals surface area contributed by atoms with Crippen LogP contribution in [0.5, 0.6) is 0 Å². The van der Waals surface area contributed by atoms with Crippen LogP contribution in [-0.2, 0) is 9.59 Å². The van der Waals surface area contributed by atoms with E-state index in [1.54, 1.807) is 0 Å². The van der Waals surface area contributed by atoms with Crippen LogP contribution in [0.1, 0.15) is 26.2 Å². The molecular weight excluding hydrogens is 220 g/mol. The van der Waals surface area contributed by atoms with Gasteiger partial charge in [0.25, 0.3) is 0 Å². The summed E-state index contributed by atoms with van der Waals surface area (Å²) in [7, 11) is 0. The molecule has 3 unspecified atom stereocenters. The van der Waals surface area contributed by atoms with E-state index >= 15 is 0 Å². The highest BCUT2D eigenvalue weighted by Gasteiger charge is 2.51. The minimum atomic E-state index is -1.18. The second kappa shape index (κ2) is 4.02. The predicted molar refractivity (Wildman–Crippen MR) is 61.4 cm³/mol. The smallest absolute Gasteiger partial charge is 0.332 e. The minimum Gasteiger partial charge on any atom is -0.478 e. The largest absolute Gasteiger partial charge is 0.478 e. The Bertz CT molecular complexity index is 421. The van der Waals surface area contributed by atoms with Crippen LogP contribution in [0.3, 0.4) is 0 Å². The zero-order valence-corrected chi connectivity index (χ0v) is 9.72. The number of carbonyl (C=O) groups is 2. The SMILES string of the molecule is CCC1CC2C=CC1(/C(=C/C(=O)O)C(=O)O)C2. The summed E-state index contributed by atoms with van der Waals surface area (Å²) in [6.07, 6.45) is 7.41. The van der Waals surface area contributed by atoms with Crippen molar-refractivity contribution in [1.82, 2.24) is 0 Å². The molecule has 2 N–H and O–H groups in total. The first-order valence-corrected chi connectivity index (χ1v) is 5.87. The molecule has 3 atom stereocenters. The first-order chi connectivity index (χ1) is 7.99. The molecule has 2 rings (SSSR count). The molecule has 0 aliphatic heterocycles. The summed E-state index contributed by atoms with van der Waals surface area (Å²) in [6.45, 7) is 2.03. The summed E-state index contributed by atoms with van der Waals surface area (Å²) in [6, 6.07) is 0. The molecule has 0 aromatic heterocycles. The van der Waals surface area contributed by atoms with Gasteiger partial charge in [-0.05, 0) is 24.7 Å². The highest BCUT2D eigenvalue weighted by atomic mass is 16.4. The average molecular weight is 236 g/mol. The molecule has 0 heterocycles. The Morgan fingerprint density at radius 3 is 2.65 bits per heavy atom. The molecule has 2 aliphatic carbocycles. The third kappa shape index (κ3) is 1.77. The van der Waals surface area contributed by atoms with Crippen LogP contribution in [0.2, 0.25) is 0 Å². The second-order valence-electron chi connectivity index (χ2n) is 4.91. The van der Waals surface area contributed by atoms with E-state index in [1.165, 1.54) is 0 Å². The molecular formula is C13H16O4. The number of rotatable bonds is 4. The number of aliphatic carboxylic acids is 2. The van der Waals surface area contributed by atoms with E-state index in [-0.39, 0.29) is 11.5 Å². The summed E-state index contributed by atoms with van der Waals surface area (Å²) >= 11 is 0. The Kier molecular flexibility index (Phi) is 2.81. The number of fused-ring (bicyclic) bond motifs is 2. The van der Waals surface area contributed by atoms with Crippen molar-refractivity contribution in [2.45, 2.75) is 26.2 Å². The van der Waals surface area contributed by atoms with Crippen LogP contribution in [0, 0.1) is 17.3 Å². The van der Waals surface area contributed by atoms with Gasteiger partial charge in [-0.25, -0.2) is 9.59 Å². The molecule has 0 aromatic carbocycles. The fraction of sp³-hybridized carbons (Fsp3) is 0.538. The van der Waals surface area contributed by atoms with E-state index in [2.05, 4.69) is 0 Å². The van der Waals surface area contributed by atoms with Crippen molar-refractivity contribution in [1.29, 1.82) is 0 Å². The van der Waals surface area contributed by atoms with Crippen molar-refractivity contribution in [2.75, 3.05) is 0 Å². The molecule has 92 valence electrons. The maximum atomic E-state index is 11.3. The number of hydrogen-bond donors (Lipinski definition) is 2. The second-order valence-corrected chi connectivity index (χ2v) is 4.91. The van der Waals surface area contributed by atoms with Gasteiger partial charge in [0, 0.05) is 11.5 Å². The summed E-state index contributed by atoms with van der Waals surface area (Å²) < 4.78 is 0. The van der Waals surface area contributed by atoms with Gasteiger partial charge in [0.1, 0.15) is 0 Å². The van der Waals surface area contributed by atoms with E-state index in [0.29, 0.717) is 5.92 Å². The number of carboxylic acids is 2. The molecule has 1 fully saturated rings. The van der Waals surface area contributed by atoms with Crippen molar-refractivity contribution < 1.29 is 19.8 Å². The molecule has 2 bridgehead atoms. The lowest BCUT2D eigenvalue weighted by atomic mass is 9.71. The van der Waals surface area contributed by atoms with Gasteiger partial charge in [-0.15, -0.1) is 0 Å². The van der Waals surface area contributed by atoms with Crippen LogP contribution < -0.4 is 0 Å². The van der Waals surface area contributed by atoms with Gasteiger partial charge in [0.15, 0.2) is 0 Å². The first-order valence-electron chi connectivity index (χ1n) is 5.87. The van der Waals surface area contributed by atoms with Gasteiger partial charge < -0.3 is 10.2 Å². The fourth-order valence-corrected chi connectivity index (χ4v) is 3.39. The van der Waals surface area contributed by atoms with Gasteiger partial charge in [-0.2, -0.15) is 0 Å². The van der Waals surface area contributed by atoms with E-state index in [9.17, 15) is 14.7 Å². The topological polar surface area (TPSA) is 74.6 Å². The molecule has 4 heteroatoms. The summed E-state index contributed by atoms with van der Waals surface area (Å²) in [5, 5.41) is 18.1. The highest BCUT2D eigenvalue weighted by Crippen LogP contribution is 2.58. The van der Waals surface area contributed by atoms with Crippen LogP contribution in [0.25, 0.3) is 0 Å². The van der Waals surface area contributed by atoms with Gasteiger partial charge in [-0.3, -0.25) is 0 Å². The number of carboxylic acid groups (broad SMARTS) is 2. The van der Waals surface area contributed by atoms with Gasteiger partial charge in [-0.1, -0.05) is 25.5 Å². The Morgan fingerprint density at radius 1 is 1.47 bits per heavy atom. The van der Waals surface area contributed by atoms with Crippen molar-refractivity contribution in [3.63, 3.8) is 0 Å². The standard InChI is InChI=1S/C13H16O4/c1-2-9-5-8-3-4-13(9,7-8)10(12(16)17)6-11(14)15/h3-4,6,8-9H,2,5,7H2,1H3,(H,14,15)(H,16,17)/b10-6+. The Balaban J connectivity index is 2.45. The summed E-state index contributed by atoms with van der Waals surface area (Å²) in [5.41, 5.74) is -0.517. The van der Waals surface area contributed by atoms with Crippen LogP contribution in [-0.4, -0.2) is 22.2 Å². The van der Waals surface area contributed by atoms with Crippen molar-refractivity contribution in [3.05, 3.63) is 23.8 Å². The lowest BCUT2D eigenvalue weighted by Crippen LogP contribution is -2.30. The predicted octanol–water partition coefficient (Wildman–Crippen LogP) is 2.07. The lowest BCUT2D eigenvalue weighted by Gasteiger charge is -2.32. The Labute approximate surface area is 99.6 Å². The van der Waals surface area contributed by atoms with E-state index in [4.69, 9.17) is 5.11 Å². The third-order valence-corrected chi connectivity index (χ3v) is 4.07. The zero-order chi connectivity index (χ0) is 12.6. The third-order valence-electron chi connectivity index (χ3n) is 4.07. The summed E-state index contributed by atoms with van der Waals surface area (Å²) in [4.78, 5) is 22.1. The summed E-state index contributed by atoms with van der Waals surface area (Å²) in [5.74, 6) is -1.64. The monoisotopic (exact) mass is 236 g/mol. The van der Waals surface area contributed by atoms with Gasteiger partial charge in [0.2, 0.25) is 0 Å². The average Bonchev–Trinajstić information content (AvgIpc) is 2.82. The molecule has 17 heavy (non-hydrogen) atoms. The maximum Gasteiger partial charge on any atom is 0.332 e. The van der Waals surface area contributed by atoms with Gasteiger partial charge >= 0.3 is 11.9 Å². The van der Waals surface area contributed by atoms with E-state index in [1.807, 2.05) is 19.1 Å². The molecule has 0 aromatic rings. The molecule has 0 amide bonds. The zero-order valence-electron chi connectivity index (χ0n) is 9.72. The quantitative estimate of drug-likeness (QED) is 0.579. The maximum absolute atomic E-state index is 11.3. The molecule has 1 saturated carbocycles. The first kappa shape index (κ1) is 11.9. The van der Waals surface area contributed by atoms with Crippen LogP contribution in [0.15, 0.2) is 23.8 Å². The van der Waals surface area contributed by atoms with Gasteiger partial charge in [0.05, 0.1) is 5.57 Å². The number of hydrogen-bond acceptors (Lipinski definition) is 2. The molecule has 0 radical (unpaired) electrons. The van der Waals surface area contributed by atoms with E-state index in [0.717, 1.165) is 25.3 Å². The van der Waals surface area contributed by atoms with Crippen molar-refractivity contribution in [2.24, 2.45) is 17.3 Å². The van der Waals surface area contributed by atoms with Crippen molar-refractivity contribution in [3.8, 4) is 0 Å². The van der Waals surface area contributed by atoms with Crippen molar-refractivity contribution >= 4 is 11.9 Å². The van der Waals surface area contributed by atoms with Crippen LogP contribution >= 0.6 is 0 Å². The Morgan fingerprint density at radius 2 is 2.18 bits per heavy atom. The fourth-order valence-electron chi connectivity index (χ4n) is 3.39. The van der Waals surface area contributed by atoms with Crippen LogP contribution in [0.4, 0.5) is 0 Å². The molecule has 2 aliphatic rings. The normalized spacial score (nSPS) is 35.2. The molecule has 4 nitrogen and oxygen atoms in total. The molecule has 0 saturated heterocycles. The highest BCUT2D eigenvalue weighted by molar-refractivity contribution is 5.96. The lowest BCUT2D eigenvalue weighted by molar-refractivity contribution is -0.136. The minimum absolute atomic E-state index is 0.0353. The number of allylic oxidation sites excluding steroid dienone is 2. The van der Waals surface area contributed by atoms with E-state index < -0.39 is 17.4 Å². The Hall–Kier alpha value is -1.58. The molecule has 0 spiro atoms.